The van der Waals surface area contributed by atoms with E-state index >= 15 is 0 Å². The largest absolute Gasteiger partial charge is 0.459 e. The van der Waals surface area contributed by atoms with Crippen molar-refractivity contribution < 1.29 is 43.2 Å². The molecule has 1 aliphatic carbocycles. The van der Waals surface area contributed by atoms with Gasteiger partial charge in [0.1, 0.15) is 30.2 Å². The molecule has 3 saturated heterocycles. The quantitative estimate of drug-likeness (QED) is 0.110. The van der Waals surface area contributed by atoms with Crippen LogP contribution < -0.4 is 16.0 Å². The number of nitrogens with zero attached hydrogens (tertiary/aromatic N) is 2. The van der Waals surface area contributed by atoms with E-state index in [1.165, 1.54) is 23.9 Å². The van der Waals surface area contributed by atoms with E-state index < -0.39 is 36.0 Å². The average molecular weight is 698 g/mol. The summed E-state index contributed by atoms with van der Waals surface area (Å²) in [6, 6.07) is -0.415. The van der Waals surface area contributed by atoms with Crippen molar-refractivity contribution in [3.8, 4) is 0 Å². The number of amides is 3. The molecule has 4 heterocycles. The summed E-state index contributed by atoms with van der Waals surface area (Å²) in [5, 5.41) is 20.0. The van der Waals surface area contributed by atoms with Crippen molar-refractivity contribution in [2.24, 2.45) is 5.92 Å². The molecule has 0 bridgehead atoms. The minimum absolute atomic E-state index is 0.00956. The number of hydrogen-bond donors (Lipinski definition) is 4. The molecule has 50 heavy (non-hydrogen) atoms. The lowest BCUT2D eigenvalue weighted by molar-refractivity contribution is -0.146. The highest BCUT2D eigenvalue weighted by Gasteiger charge is 2.58. The van der Waals surface area contributed by atoms with Crippen molar-refractivity contribution in [2.45, 2.75) is 133 Å². The normalized spacial score (nSPS) is 34.6. The molecule has 0 radical (unpaired) electrons. The second-order valence-corrected chi connectivity index (χ2v) is 14.2. The van der Waals surface area contributed by atoms with Gasteiger partial charge in [-0.1, -0.05) is 30.7 Å². The predicted molar refractivity (Wildman–Crippen MR) is 182 cm³/mol. The summed E-state index contributed by atoms with van der Waals surface area (Å²) in [6.45, 7) is 9.48. The Hall–Kier alpha value is -3.85. The lowest BCUT2D eigenvalue weighted by Crippen LogP contribution is -2.55. The van der Waals surface area contributed by atoms with Gasteiger partial charge >= 0.3 is 12.0 Å². The summed E-state index contributed by atoms with van der Waals surface area (Å²) in [7, 11) is 0. The Bertz CT molecular complexity index is 1450. The molecule has 4 N–H and O–H groups in total. The number of nitrogens with one attached hydrogen (secondary N) is 3. The van der Waals surface area contributed by atoms with E-state index in [2.05, 4.69) is 33.9 Å². The fourth-order valence-electron chi connectivity index (χ4n) is 6.86. The van der Waals surface area contributed by atoms with Crippen LogP contribution in [-0.4, -0.2) is 105 Å². The molecule has 4 fully saturated rings. The number of rotatable bonds is 12. The van der Waals surface area contributed by atoms with Gasteiger partial charge in [-0.25, -0.2) is 9.78 Å². The van der Waals surface area contributed by atoms with Crippen molar-refractivity contribution in [1.29, 1.82) is 0 Å². The third-order valence-corrected chi connectivity index (χ3v) is 9.91. The molecule has 14 heteroatoms. The van der Waals surface area contributed by atoms with Gasteiger partial charge in [0, 0.05) is 43.9 Å². The Kier molecular flexibility index (Phi) is 12.3. The minimum Gasteiger partial charge on any atom is -0.459 e. The molecule has 5 rings (SSSR count). The van der Waals surface area contributed by atoms with E-state index in [0.29, 0.717) is 32.3 Å². The van der Waals surface area contributed by atoms with Crippen LogP contribution in [0, 0.1) is 5.92 Å². The standard InChI is InChI=1S/C36H51N5O9/c1-21(6-9-30-22(2)14-29(24(4)49-30)40-32(43)11-8-23(3)48-25(5)42)7-10-31-34(45)36(19-47-36)18-28(50-31)17-33(44)38-26-15-27(16-26)39-35(46)41-13-12-37-20-41/h6-8,10-13,20,22-24,26-31,34,45H,9,14-19H2,1-5H3,(H,38,44)(H,39,46)(H,40,43)/t22-,23?,24+,26?,27?,28+,29+,30-,31+,34+,36+/m0/s1. The zero-order valence-electron chi connectivity index (χ0n) is 29.4. The first-order valence-corrected chi connectivity index (χ1v) is 17.5. The van der Waals surface area contributed by atoms with Gasteiger partial charge < -0.3 is 40.0 Å². The summed E-state index contributed by atoms with van der Waals surface area (Å²) in [4.78, 5) is 52.5. The van der Waals surface area contributed by atoms with Crippen LogP contribution in [0.1, 0.15) is 73.1 Å². The number of ether oxygens (including phenoxy) is 4. The highest BCUT2D eigenvalue weighted by atomic mass is 16.6. The zero-order valence-corrected chi connectivity index (χ0v) is 29.4. The van der Waals surface area contributed by atoms with Gasteiger partial charge in [0.2, 0.25) is 11.8 Å². The number of esters is 1. The lowest BCUT2D eigenvalue weighted by atomic mass is 9.85. The van der Waals surface area contributed by atoms with Crippen molar-refractivity contribution in [2.75, 3.05) is 6.61 Å². The Morgan fingerprint density at radius 1 is 1.08 bits per heavy atom. The maximum absolute atomic E-state index is 12.9. The van der Waals surface area contributed by atoms with Gasteiger partial charge in [0.15, 0.2) is 0 Å². The highest BCUT2D eigenvalue weighted by Crippen LogP contribution is 2.43. The van der Waals surface area contributed by atoms with Crippen molar-refractivity contribution >= 4 is 23.8 Å². The van der Waals surface area contributed by atoms with Crippen LogP contribution in [0.3, 0.4) is 0 Å². The third kappa shape index (κ3) is 10.1. The third-order valence-electron chi connectivity index (χ3n) is 9.91. The van der Waals surface area contributed by atoms with Gasteiger partial charge in [-0.2, -0.15) is 0 Å². The fourth-order valence-corrected chi connectivity index (χ4v) is 6.86. The first-order chi connectivity index (χ1) is 23.8. The molecule has 1 aromatic rings. The SMILES string of the molecule is CC(=O)OC(C)C=CC(=O)N[C@@H]1C[C@H](C)[C@H](CC=C(C)C=C[C@H]2O[C@H](CC(=O)NC3CC(NC(=O)n4ccnc4)C3)C[C@@]3(CO3)[C@@H]2O)O[C@@H]1C. The van der Waals surface area contributed by atoms with Crippen LogP contribution in [0.2, 0.25) is 0 Å². The van der Waals surface area contributed by atoms with Crippen molar-refractivity contribution in [3.05, 3.63) is 54.7 Å². The first kappa shape index (κ1) is 37.4. The zero-order chi connectivity index (χ0) is 36.0. The average Bonchev–Trinajstić information content (AvgIpc) is 3.57. The van der Waals surface area contributed by atoms with Crippen LogP contribution in [0.25, 0.3) is 0 Å². The van der Waals surface area contributed by atoms with Crippen LogP contribution in [0.4, 0.5) is 4.79 Å². The van der Waals surface area contributed by atoms with E-state index in [1.54, 1.807) is 25.4 Å². The number of imidazole rings is 1. The number of aromatic nitrogens is 2. The maximum Gasteiger partial charge on any atom is 0.327 e. The smallest absolute Gasteiger partial charge is 0.327 e. The molecule has 1 saturated carbocycles. The van der Waals surface area contributed by atoms with Gasteiger partial charge in [-0.05, 0) is 58.4 Å². The minimum atomic E-state index is -0.841. The van der Waals surface area contributed by atoms with Gasteiger partial charge in [0.05, 0.1) is 37.4 Å². The topological polar surface area (TPSA) is 183 Å². The number of carbonyl (C=O) groups excluding carboxylic acids is 4. The summed E-state index contributed by atoms with van der Waals surface area (Å²) < 4.78 is 24.6. The van der Waals surface area contributed by atoms with Gasteiger partial charge in [-0.3, -0.25) is 19.0 Å². The molecule has 14 nitrogen and oxygen atoms in total. The van der Waals surface area contributed by atoms with Gasteiger partial charge in [-0.15, -0.1) is 0 Å². The molecular formula is C36H51N5O9. The highest BCUT2D eigenvalue weighted by molar-refractivity contribution is 5.87. The molecular weight excluding hydrogens is 646 g/mol. The molecule has 1 spiro atoms. The van der Waals surface area contributed by atoms with E-state index in [1.807, 2.05) is 26.0 Å². The Labute approximate surface area is 293 Å². The second kappa shape index (κ2) is 16.4. The molecule has 3 amide bonds. The molecule has 274 valence electrons. The first-order valence-electron chi connectivity index (χ1n) is 17.5. The van der Waals surface area contributed by atoms with Crippen molar-refractivity contribution in [1.82, 2.24) is 25.5 Å². The number of allylic oxidation sites excluding steroid dienone is 2. The van der Waals surface area contributed by atoms with E-state index in [0.717, 1.165) is 12.0 Å². The lowest BCUT2D eigenvalue weighted by Gasteiger charge is -2.39. The van der Waals surface area contributed by atoms with Crippen LogP contribution in [-0.2, 0) is 33.3 Å². The monoisotopic (exact) mass is 697 g/mol. The number of aliphatic hydroxyl groups is 1. The summed E-state index contributed by atoms with van der Waals surface area (Å²) in [5.41, 5.74) is 0.288. The molecule has 0 aromatic carbocycles. The molecule has 4 aliphatic rings. The van der Waals surface area contributed by atoms with Crippen LogP contribution in [0.5, 0.6) is 0 Å². The van der Waals surface area contributed by atoms with Crippen molar-refractivity contribution in [3.63, 3.8) is 0 Å². The van der Waals surface area contributed by atoms with Crippen LogP contribution >= 0.6 is 0 Å². The van der Waals surface area contributed by atoms with Gasteiger partial charge in [0.25, 0.3) is 0 Å². The van der Waals surface area contributed by atoms with E-state index in [-0.39, 0.29) is 60.5 Å². The number of hydrogen-bond acceptors (Lipinski definition) is 10. The molecule has 9 atom stereocenters. The number of carbonyl (C=O) groups is 4. The Morgan fingerprint density at radius 2 is 1.82 bits per heavy atom. The van der Waals surface area contributed by atoms with E-state index in [9.17, 15) is 24.3 Å². The van der Waals surface area contributed by atoms with E-state index in [4.69, 9.17) is 18.9 Å². The summed E-state index contributed by atoms with van der Waals surface area (Å²) in [6.07, 6.45) is 14.1. The summed E-state index contributed by atoms with van der Waals surface area (Å²) >= 11 is 0. The Morgan fingerprint density at radius 3 is 2.50 bits per heavy atom. The van der Waals surface area contributed by atoms with Crippen LogP contribution in [0.15, 0.2) is 54.7 Å². The second-order valence-electron chi connectivity index (χ2n) is 14.2. The molecule has 1 unspecified atom stereocenters. The predicted octanol–water partition coefficient (Wildman–Crippen LogP) is 2.46. The summed E-state index contributed by atoms with van der Waals surface area (Å²) in [5.74, 6) is -0.596. The fraction of sp³-hybridized carbons (Fsp3) is 0.639. The maximum atomic E-state index is 12.9. The Balaban J connectivity index is 1.05. The molecule has 1 aromatic heterocycles. The number of epoxide rings is 1. The number of aliphatic hydroxyl groups excluding tert-OH is 1. The molecule has 3 aliphatic heterocycles.